The molecule has 0 unspecified atom stereocenters. The van der Waals surface area contributed by atoms with E-state index in [-0.39, 0.29) is 0 Å². The molecule has 1 aromatic carbocycles. The molecular formula is C10H8ClNO2. The van der Waals surface area contributed by atoms with E-state index in [1.54, 1.807) is 24.3 Å². The number of nitriles is 1. The molecule has 1 aromatic rings. The number of alkyl halides is 1. The lowest BCUT2D eigenvalue weighted by molar-refractivity contribution is -0.140. The largest absolute Gasteiger partial charge is 0.468 e. The van der Waals surface area contributed by atoms with E-state index in [0.29, 0.717) is 11.1 Å². The molecular weight excluding hydrogens is 202 g/mol. The number of benzene rings is 1. The first kappa shape index (κ1) is 10.6. The van der Waals surface area contributed by atoms with Gasteiger partial charge in [-0.05, 0) is 17.7 Å². The van der Waals surface area contributed by atoms with Crippen LogP contribution in [-0.4, -0.2) is 13.1 Å². The molecule has 0 saturated heterocycles. The number of nitrogens with zero attached hydrogens (tertiary/aromatic N) is 1. The van der Waals surface area contributed by atoms with Crippen LogP contribution in [0.2, 0.25) is 0 Å². The third-order valence-corrected chi connectivity index (χ3v) is 2.17. The van der Waals surface area contributed by atoms with Gasteiger partial charge in [-0.1, -0.05) is 12.1 Å². The number of carbonyl (C=O) groups excluding carboxylic acids is 1. The van der Waals surface area contributed by atoms with Gasteiger partial charge < -0.3 is 4.74 Å². The van der Waals surface area contributed by atoms with Crippen molar-refractivity contribution in [2.24, 2.45) is 0 Å². The SMILES string of the molecule is COC(=O)[C@H](Cl)c1ccc(C#N)cc1. The molecule has 0 heterocycles. The highest BCUT2D eigenvalue weighted by Crippen LogP contribution is 2.21. The first-order valence-electron chi connectivity index (χ1n) is 3.91. The third-order valence-electron chi connectivity index (χ3n) is 1.74. The topological polar surface area (TPSA) is 50.1 Å². The Balaban J connectivity index is 2.88. The average Bonchev–Trinajstić information content (AvgIpc) is 2.27. The van der Waals surface area contributed by atoms with Gasteiger partial charge in [0.25, 0.3) is 0 Å². The summed E-state index contributed by atoms with van der Waals surface area (Å²) in [6.07, 6.45) is 0. The number of carbonyl (C=O) groups is 1. The average molecular weight is 210 g/mol. The van der Waals surface area contributed by atoms with E-state index in [0.717, 1.165) is 0 Å². The summed E-state index contributed by atoms with van der Waals surface area (Å²) in [4.78, 5) is 11.0. The summed E-state index contributed by atoms with van der Waals surface area (Å²) in [7, 11) is 1.28. The van der Waals surface area contributed by atoms with Gasteiger partial charge in [-0.25, -0.2) is 0 Å². The molecule has 0 amide bonds. The molecule has 0 N–H and O–H groups in total. The molecule has 1 atom stereocenters. The van der Waals surface area contributed by atoms with Crippen LogP contribution in [0.5, 0.6) is 0 Å². The van der Waals surface area contributed by atoms with Crippen molar-refractivity contribution < 1.29 is 9.53 Å². The third kappa shape index (κ3) is 2.24. The fraction of sp³-hybridized carbons (Fsp3) is 0.200. The van der Waals surface area contributed by atoms with Crippen molar-refractivity contribution in [2.75, 3.05) is 7.11 Å². The summed E-state index contributed by atoms with van der Waals surface area (Å²) < 4.78 is 4.49. The monoisotopic (exact) mass is 209 g/mol. The fourth-order valence-corrected chi connectivity index (χ4v) is 1.20. The van der Waals surface area contributed by atoms with Crippen LogP contribution < -0.4 is 0 Å². The molecule has 1 rings (SSSR count). The Morgan fingerprint density at radius 3 is 2.50 bits per heavy atom. The van der Waals surface area contributed by atoms with Crippen LogP contribution in [0.25, 0.3) is 0 Å². The summed E-state index contributed by atoms with van der Waals surface area (Å²) >= 11 is 5.79. The van der Waals surface area contributed by atoms with Crippen molar-refractivity contribution in [2.45, 2.75) is 5.38 Å². The van der Waals surface area contributed by atoms with E-state index in [2.05, 4.69) is 4.74 Å². The maximum atomic E-state index is 11.0. The van der Waals surface area contributed by atoms with Gasteiger partial charge in [0.05, 0.1) is 18.7 Å². The van der Waals surface area contributed by atoms with Gasteiger partial charge in [0.1, 0.15) is 0 Å². The zero-order chi connectivity index (χ0) is 10.6. The normalized spacial score (nSPS) is 11.5. The van der Waals surface area contributed by atoms with Gasteiger partial charge in [0.2, 0.25) is 0 Å². The predicted octanol–water partition coefficient (Wildman–Crippen LogP) is 2.01. The van der Waals surface area contributed by atoms with Crippen LogP contribution in [-0.2, 0) is 9.53 Å². The number of methoxy groups -OCH3 is 1. The maximum absolute atomic E-state index is 11.0. The quantitative estimate of drug-likeness (QED) is 0.553. The molecule has 14 heavy (non-hydrogen) atoms. The van der Waals surface area contributed by atoms with Gasteiger partial charge in [0, 0.05) is 0 Å². The van der Waals surface area contributed by atoms with Crippen LogP contribution >= 0.6 is 11.6 Å². The van der Waals surface area contributed by atoms with Crippen LogP contribution in [0, 0.1) is 11.3 Å². The molecule has 0 aliphatic heterocycles. The molecule has 0 bridgehead atoms. The van der Waals surface area contributed by atoms with Crippen LogP contribution in [0.4, 0.5) is 0 Å². The second-order valence-electron chi connectivity index (χ2n) is 2.62. The van der Waals surface area contributed by atoms with E-state index in [1.165, 1.54) is 7.11 Å². The molecule has 4 heteroatoms. The number of hydrogen-bond acceptors (Lipinski definition) is 3. The minimum absolute atomic E-state index is 0.503. The Morgan fingerprint density at radius 2 is 2.07 bits per heavy atom. The molecule has 3 nitrogen and oxygen atoms in total. The summed E-state index contributed by atoms with van der Waals surface area (Å²) in [5.74, 6) is -0.503. The first-order chi connectivity index (χ1) is 6.69. The highest BCUT2D eigenvalue weighted by atomic mass is 35.5. The summed E-state index contributed by atoms with van der Waals surface area (Å²) in [6, 6.07) is 8.45. The smallest absolute Gasteiger partial charge is 0.328 e. The highest BCUT2D eigenvalue weighted by molar-refractivity contribution is 6.29. The van der Waals surface area contributed by atoms with Crippen LogP contribution in [0.1, 0.15) is 16.5 Å². The van der Waals surface area contributed by atoms with Gasteiger partial charge >= 0.3 is 5.97 Å². The van der Waals surface area contributed by atoms with Crippen molar-refractivity contribution in [3.05, 3.63) is 35.4 Å². The Hall–Kier alpha value is -1.53. The molecule has 0 aromatic heterocycles. The van der Waals surface area contributed by atoms with E-state index in [9.17, 15) is 4.79 Å². The summed E-state index contributed by atoms with van der Waals surface area (Å²) in [5.41, 5.74) is 1.15. The van der Waals surface area contributed by atoms with E-state index in [4.69, 9.17) is 16.9 Å². The highest BCUT2D eigenvalue weighted by Gasteiger charge is 2.17. The number of hydrogen-bond donors (Lipinski definition) is 0. The van der Waals surface area contributed by atoms with Crippen molar-refractivity contribution in [1.82, 2.24) is 0 Å². The summed E-state index contributed by atoms with van der Waals surface area (Å²) in [6.45, 7) is 0. The van der Waals surface area contributed by atoms with Crippen LogP contribution in [0.15, 0.2) is 24.3 Å². The van der Waals surface area contributed by atoms with Crippen molar-refractivity contribution >= 4 is 17.6 Å². The Morgan fingerprint density at radius 1 is 1.50 bits per heavy atom. The number of ether oxygens (including phenoxy) is 1. The lowest BCUT2D eigenvalue weighted by atomic mass is 10.1. The van der Waals surface area contributed by atoms with E-state index < -0.39 is 11.3 Å². The molecule has 0 radical (unpaired) electrons. The molecule has 0 aliphatic carbocycles. The van der Waals surface area contributed by atoms with Gasteiger partial charge in [0.15, 0.2) is 5.38 Å². The van der Waals surface area contributed by atoms with Crippen molar-refractivity contribution in [3.63, 3.8) is 0 Å². The van der Waals surface area contributed by atoms with E-state index >= 15 is 0 Å². The second-order valence-corrected chi connectivity index (χ2v) is 3.06. The minimum atomic E-state index is -0.812. The minimum Gasteiger partial charge on any atom is -0.468 e. The zero-order valence-corrected chi connectivity index (χ0v) is 8.28. The number of rotatable bonds is 2. The zero-order valence-electron chi connectivity index (χ0n) is 7.53. The lowest BCUT2D eigenvalue weighted by Crippen LogP contribution is -2.08. The van der Waals surface area contributed by atoms with Crippen LogP contribution in [0.3, 0.4) is 0 Å². The van der Waals surface area contributed by atoms with Gasteiger partial charge in [-0.15, -0.1) is 11.6 Å². The number of esters is 1. The standard InChI is InChI=1S/C10H8ClNO2/c1-14-10(13)9(11)8-4-2-7(6-12)3-5-8/h2-5,9H,1H3/t9-/m1/s1. The van der Waals surface area contributed by atoms with E-state index in [1.807, 2.05) is 6.07 Å². The maximum Gasteiger partial charge on any atom is 0.328 e. The predicted molar refractivity (Wildman–Crippen MR) is 51.8 cm³/mol. The lowest BCUT2D eigenvalue weighted by Gasteiger charge is -2.06. The van der Waals surface area contributed by atoms with Crippen molar-refractivity contribution in [1.29, 1.82) is 5.26 Å². The van der Waals surface area contributed by atoms with Crippen molar-refractivity contribution in [3.8, 4) is 6.07 Å². The summed E-state index contributed by atoms with van der Waals surface area (Å²) in [5, 5.41) is 7.74. The van der Waals surface area contributed by atoms with Gasteiger partial charge in [-0.3, -0.25) is 4.79 Å². The molecule has 72 valence electrons. The Kier molecular flexibility index (Phi) is 3.49. The molecule has 0 fully saturated rings. The second kappa shape index (κ2) is 4.64. The fourth-order valence-electron chi connectivity index (χ4n) is 0.966. The Labute approximate surface area is 86.9 Å². The Bertz CT molecular complexity index is 367. The molecule has 0 spiro atoms. The molecule has 0 saturated carbocycles. The first-order valence-corrected chi connectivity index (χ1v) is 4.34. The molecule has 0 aliphatic rings. The number of halogens is 1. The van der Waals surface area contributed by atoms with Gasteiger partial charge in [-0.2, -0.15) is 5.26 Å².